The average molecular weight is 225 g/mol. The lowest BCUT2D eigenvalue weighted by atomic mass is 10.3. The zero-order valence-electron chi connectivity index (χ0n) is 9.36. The van der Waals surface area contributed by atoms with Crippen LogP contribution in [0.1, 0.15) is 0 Å². The van der Waals surface area contributed by atoms with Gasteiger partial charge in [-0.25, -0.2) is 4.39 Å². The summed E-state index contributed by atoms with van der Waals surface area (Å²) >= 11 is 0. The number of nitrogens with zero attached hydrogens (tertiary/aromatic N) is 1. The lowest BCUT2D eigenvalue weighted by Crippen LogP contribution is -2.42. The van der Waals surface area contributed by atoms with Crippen LogP contribution >= 0.6 is 0 Å². The van der Waals surface area contributed by atoms with Crippen LogP contribution in [0.25, 0.3) is 0 Å². The molecule has 1 saturated heterocycles. The Bertz CT molecular complexity index is 346. The van der Waals surface area contributed by atoms with Gasteiger partial charge in [0.25, 0.3) is 0 Å². The standard InChI is InChI=1S/C12H16FNO2/c1-14-6-7-15-10(8-14)9-16-12-5-3-2-4-11(12)13/h2-5,10H,6-9H2,1H3. The van der Waals surface area contributed by atoms with Crippen LogP contribution in [-0.2, 0) is 4.74 Å². The van der Waals surface area contributed by atoms with E-state index < -0.39 is 0 Å². The molecule has 1 aliphatic rings. The van der Waals surface area contributed by atoms with Gasteiger partial charge in [-0.1, -0.05) is 12.1 Å². The molecule has 0 radical (unpaired) electrons. The van der Waals surface area contributed by atoms with Gasteiger partial charge in [-0.3, -0.25) is 0 Å². The molecule has 0 aromatic heterocycles. The Hall–Kier alpha value is -1.13. The highest BCUT2D eigenvalue weighted by Crippen LogP contribution is 2.16. The summed E-state index contributed by atoms with van der Waals surface area (Å²) in [4.78, 5) is 2.18. The van der Waals surface area contributed by atoms with Gasteiger partial charge in [0.2, 0.25) is 0 Å². The SMILES string of the molecule is CN1CCOC(COc2ccccc2F)C1. The van der Waals surface area contributed by atoms with Gasteiger partial charge in [-0.15, -0.1) is 0 Å². The van der Waals surface area contributed by atoms with E-state index >= 15 is 0 Å². The summed E-state index contributed by atoms with van der Waals surface area (Å²) in [6, 6.07) is 6.42. The topological polar surface area (TPSA) is 21.7 Å². The van der Waals surface area contributed by atoms with Crippen molar-refractivity contribution in [2.75, 3.05) is 33.4 Å². The fraction of sp³-hybridized carbons (Fsp3) is 0.500. The van der Waals surface area contributed by atoms with Crippen LogP contribution in [0.4, 0.5) is 4.39 Å². The number of para-hydroxylation sites is 1. The smallest absolute Gasteiger partial charge is 0.165 e. The quantitative estimate of drug-likeness (QED) is 0.778. The summed E-state index contributed by atoms with van der Waals surface area (Å²) in [5.41, 5.74) is 0. The van der Waals surface area contributed by atoms with Gasteiger partial charge in [0.05, 0.1) is 6.61 Å². The maximum Gasteiger partial charge on any atom is 0.165 e. The highest BCUT2D eigenvalue weighted by atomic mass is 19.1. The molecule has 88 valence electrons. The molecule has 1 unspecified atom stereocenters. The van der Waals surface area contributed by atoms with Crippen LogP contribution in [0.2, 0.25) is 0 Å². The van der Waals surface area contributed by atoms with Crippen LogP contribution < -0.4 is 4.74 Å². The number of hydrogen-bond donors (Lipinski definition) is 0. The molecule has 2 rings (SSSR count). The van der Waals surface area contributed by atoms with E-state index in [0.717, 1.165) is 13.1 Å². The highest BCUT2D eigenvalue weighted by Gasteiger charge is 2.18. The molecular weight excluding hydrogens is 209 g/mol. The Morgan fingerprint density at radius 2 is 2.31 bits per heavy atom. The summed E-state index contributed by atoms with van der Waals surface area (Å²) in [5, 5.41) is 0. The van der Waals surface area contributed by atoms with Crippen molar-refractivity contribution in [3.8, 4) is 5.75 Å². The largest absolute Gasteiger partial charge is 0.488 e. The first-order valence-corrected chi connectivity index (χ1v) is 5.43. The van der Waals surface area contributed by atoms with E-state index in [2.05, 4.69) is 4.90 Å². The lowest BCUT2D eigenvalue weighted by Gasteiger charge is -2.29. The molecule has 16 heavy (non-hydrogen) atoms. The number of hydrogen-bond acceptors (Lipinski definition) is 3. The van der Waals surface area contributed by atoms with E-state index in [0.29, 0.717) is 19.0 Å². The van der Waals surface area contributed by atoms with Crippen molar-refractivity contribution in [1.29, 1.82) is 0 Å². The Morgan fingerprint density at radius 1 is 1.50 bits per heavy atom. The van der Waals surface area contributed by atoms with Crippen LogP contribution in [0, 0.1) is 5.82 Å². The minimum absolute atomic E-state index is 0.0263. The van der Waals surface area contributed by atoms with Gasteiger partial charge in [0.15, 0.2) is 11.6 Å². The summed E-state index contributed by atoms with van der Waals surface area (Å²) in [5.74, 6) is -0.0361. The third kappa shape index (κ3) is 2.93. The Labute approximate surface area is 94.8 Å². The molecule has 1 fully saturated rings. The van der Waals surface area contributed by atoms with E-state index in [1.54, 1.807) is 18.2 Å². The van der Waals surface area contributed by atoms with E-state index in [1.165, 1.54) is 6.07 Å². The molecule has 0 saturated carbocycles. The first-order chi connectivity index (χ1) is 7.75. The van der Waals surface area contributed by atoms with Crippen molar-refractivity contribution in [3.05, 3.63) is 30.1 Å². The van der Waals surface area contributed by atoms with E-state index in [1.807, 2.05) is 7.05 Å². The third-order valence-corrected chi connectivity index (χ3v) is 2.60. The molecule has 0 N–H and O–H groups in total. The van der Waals surface area contributed by atoms with Gasteiger partial charge in [0, 0.05) is 13.1 Å². The summed E-state index contributed by atoms with van der Waals surface area (Å²) in [7, 11) is 2.04. The maximum absolute atomic E-state index is 13.2. The monoisotopic (exact) mass is 225 g/mol. The molecule has 1 atom stereocenters. The predicted molar refractivity (Wildman–Crippen MR) is 59.1 cm³/mol. The maximum atomic E-state index is 13.2. The Balaban J connectivity index is 1.85. The second-order valence-corrected chi connectivity index (χ2v) is 4.00. The van der Waals surface area contributed by atoms with Gasteiger partial charge in [-0.05, 0) is 19.2 Å². The molecule has 3 nitrogen and oxygen atoms in total. The number of benzene rings is 1. The normalized spacial score (nSPS) is 22.0. The highest BCUT2D eigenvalue weighted by molar-refractivity contribution is 5.23. The second-order valence-electron chi connectivity index (χ2n) is 4.00. The molecule has 0 amide bonds. The summed E-state index contributed by atoms with van der Waals surface area (Å²) < 4.78 is 24.2. The molecule has 0 bridgehead atoms. The van der Waals surface area contributed by atoms with E-state index in [9.17, 15) is 4.39 Å². The van der Waals surface area contributed by atoms with Crippen LogP contribution in [0.15, 0.2) is 24.3 Å². The van der Waals surface area contributed by atoms with Crippen molar-refractivity contribution < 1.29 is 13.9 Å². The number of morpholine rings is 1. The average Bonchev–Trinajstić information content (AvgIpc) is 2.28. The fourth-order valence-corrected chi connectivity index (χ4v) is 1.71. The minimum atomic E-state index is -0.327. The Kier molecular flexibility index (Phi) is 3.74. The molecule has 1 aliphatic heterocycles. The van der Waals surface area contributed by atoms with Crippen molar-refractivity contribution >= 4 is 0 Å². The first kappa shape index (κ1) is 11.4. The number of ether oxygens (including phenoxy) is 2. The van der Waals surface area contributed by atoms with Gasteiger partial charge in [0.1, 0.15) is 12.7 Å². The van der Waals surface area contributed by atoms with Crippen LogP contribution in [0.3, 0.4) is 0 Å². The van der Waals surface area contributed by atoms with Crippen LogP contribution in [-0.4, -0.2) is 44.4 Å². The number of likely N-dealkylation sites (N-methyl/N-ethyl adjacent to an activating group) is 1. The van der Waals surface area contributed by atoms with E-state index in [-0.39, 0.29) is 11.9 Å². The predicted octanol–water partition coefficient (Wildman–Crippen LogP) is 1.54. The van der Waals surface area contributed by atoms with Crippen molar-refractivity contribution in [1.82, 2.24) is 4.90 Å². The third-order valence-electron chi connectivity index (χ3n) is 2.60. The van der Waals surface area contributed by atoms with Crippen molar-refractivity contribution in [3.63, 3.8) is 0 Å². The minimum Gasteiger partial charge on any atom is -0.488 e. The van der Waals surface area contributed by atoms with E-state index in [4.69, 9.17) is 9.47 Å². The second kappa shape index (κ2) is 5.27. The molecule has 1 aromatic carbocycles. The van der Waals surface area contributed by atoms with Crippen molar-refractivity contribution in [2.45, 2.75) is 6.10 Å². The molecular formula is C12H16FNO2. The molecule has 0 spiro atoms. The number of halogens is 1. The molecule has 0 aliphatic carbocycles. The van der Waals surface area contributed by atoms with Crippen LogP contribution in [0.5, 0.6) is 5.75 Å². The number of rotatable bonds is 3. The van der Waals surface area contributed by atoms with Gasteiger partial charge >= 0.3 is 0 Å². The summed E-state index contributed by atoms with van der Waals surface area (Å²) in [6.45, 7) is 2.87. The zero-order valence-corrected chi connectivity index (χ0v) is 9.36. The zero-order chi connectivity index (χ0) is 11.4. The summed E-state index contributed by atoms with van der Waals surface area (Å²) in [6.07, 6.45) is 0.0263. The Morgan fingerprint density at radius 3 is 3.06 bits per heavy atom. The van der Waals surface area contributed by atoms with Gasteiger partial charge < -0.3 is 14.4 Å². The molecule has 4 heteroatoms. The van der Waals surface area contributed by atoms with Crippen molar-refractivity contribution in [2.24, 2.45) is 0 Å². The van der Waals surface area contributed by atoms with Gasteiger partial charge in [-0.2, -0.15) is 0 Å². The lowest BCUT2D eigenvalue weighted by molar-refractivity contribution is -0.0408. The molecule has 1 aromatic rings. The molecule has 1 heterocycles. The first-order valence-electron chi connectivity index (χ1n) is 5.43. The fourth-order valence-electron chi connectivity index (χ4n) is 1.71.